The Morgan fingerprint density at radius 3 is 2.59 bits per heavy atom. The van der Waals surface area contributed by atoms with Crippen molar-refractivity contribution < 1.29 is 9.59 Å². The molecule has 0 aromatic heterocycles. The number of nitrogen functional groups attached to an aromatic ring is 1. The number of carbonyl (C=O) groups excluding carboxylic acids is 2. The van der Waals surface area contributed by atoms with Gasteiger partial charge in [0.25, 0.3) is 0 Å². The van der Waals surface area contributed by atoms with Crippen molar-refractivity contribution in [3.63, 3.8) is 0 Å². The van der Waals surface area contributed by atoms with Gasteiger partial charge in [-0.3, -0.25) is 14.6 Å². The lowest BCUT2D eigenvalue weighted by Gasteiger charge is -2.17. The smallest absolute Gasteiger partial charge is 0.249 e. The number of nitrogens with zero attached hydrogens (tertiary/aromatic N) is 1. The zero-order valence-corrected chi connectivity index (χ0v) is 24.7. The first-order valence-electron chi connectivity index (χ1n) is 13.3. The molecule has 2 amide bonds. The molecule has 0 saturated carbocycles. The fourth-order valence-electron chi connectivity index (χ4n) is 4.63. The van der Waals surface area contributed by atoms with Crippen LogP contribution in [0.2, 0.25) is 10.0 Å². The highest BCUT2D eigenvalue weighted by atomic mass is 35.5. The number of amides is 2. The van der Waals surface area contributed by atoms with Gasteiger partial charge >= 0.3 is 0 Å². The van der Waals surface area contributed by atoms with E-state index in [0.29, 0.717) is 50.4 Å². The second kappa shape index (κ2) is 13.5. The molecule has 0 radical (unpaired) electrons. The number of nitrogens with one attached hydrogen (secondary N) is 2. The first kappa shape index (κ1) is 29.8. The molecule has 0 aliphatic carbocycles. The van der Waals surface area contributed by atoms with Crippen molar-refractivity contribution in [2.24, 2.45) is 4.99 Å². The number of carbonyl (C=O) groups is 2. The molecule has 1 heterocycles. The van der Waals surface area contributed by atoms with E-state index >= 15 is 0 Å². The molecule has 1 aliphatic rings. The third-order valence-electron chi connectivity index (χ3n) is 6.60. The molecule has 8 heteroatoms. The molecule has 3 aromatic carbocycles. The van der Waals surface area contributed by atoms with Crippen molar-refractivity contribution in [2.75, 3.05) is 16.4 Å². The van der Waals surface area contributed by atoms with Gasteiger partial charge in [0.1, 0.15) is 6.04 Å². The van der Waals surface area contributed by atoms with Crippen LogP contribution in [0.1, 0.15) is 50.3 Å². The van der Waals surface area contributed by atoms with Crippen LogP contribution in [0.5, 0.6) is 0 Å². The number of allylic oxidation sites excluding steroid dienone is 5. The average molecular weight is 588 g/mol. The molecule has 0 saturated heterocycles. The van der Waals surface area contributed by atoms with Gasteiger partial charge in [-0.2, -0.15) is 0 Å². The van der Waals surface area contributed by atoms with Crippen molar-refractivity contribution in [2.45, 2.75) is 39.7 Å². The van der Waals surface area contributed by atoms with E-state index in [4.69, 9.17) is 33.9 Å². The van der Waals surface area contributed by atoms with Crippen LogP contribution in [0.4, 0.5) is 17.1 Å². The Morgan fingerprint density at radius 1 is 1.10 bits per heavy atom. The van der Waals surface area contributed by atoms with Gasteiger partial charge in [-0.05, 0) is 72.5 Å². The lowest BCUT2D eigenvalue weighted by atomic mass is 9.92. The van der Waals surface area contributed by atoms with Crippen LogP contribution < -0.4 is 16.4 Å². The molecule has 0 fully saturated rings. The number of anilines is 3. The summed E-state index contributed by atoms with van der Waals surface area (Å²) in [5, 5.41) is 6.94. The number of fused-ring (bicyclic) bond motifs is 1. The van der Waals surface area contributed by atoms with Crippen LogP contribution >= 0.6 is 23.2 Å². The number of halogens is 2. The third-order valence-corrected chi connectivity index (χ3v) is 7.07. The highest BCUT2D eigenvalue weighted by Gasteiger charge is 2.28. The standard InChI is InChI=1S/C33H32Cl2N4O2/c1-4-6-7-11-26(22-9-8-10-24(34)16-22)21(5-2)17-31-33(41)39-29-15-13-25(35)19-27(29)32(38-31)23-12-14-28(36)30(18-23)37-20(3)40/h5-16,18-19,31H,4,17,36H2,1-3H3,(H,37,40)(H,39,41)/b7-6?,21-5-,26-11+. The topological polar surface area (TPSA) is 96.6 Å². The highest BCUT2D eigenvalue weighted by molar-refractivity contribution is 6.32. The summed E-state index contributed by atoms with van der Waals surface area (Å²) in [6.45, 7) is 5.44. The predicted molar refractivity (Wildman–Crippen MR) is 172 cm³/mol. The zero-order chi connectivity index (χ0) is 29.5. The number of hydrogen-bond donors (Lipinski definition) is 3. The SMILES string of the molecule is C/C=C(CC1N=C(c2ccc(N)c(NC(C)=O)c2)c2cc(Cl)ccc2NC1=O)\C(=C/C=CCC)c1cccc(Cl)c1. The first-order chi connectivity index (χ1) is 19.7. The quantitative estimate of drug-likeness (QED) is 0.184. The fourth-order valence-corrected chi connectivity index (χ4v) is 4.99. The molecule has 0 bridgehead atoms. The summed E-state index contributed by atoms with van der Waals surface area (Å²) < 4.78 is 0. The van der Waals surface area contributed by atoms with E-state index in [1.54, 1.807) is 30.3 Å². The Labute approximate surface area is 250 Å². The average Bonchev–Trinajstić information content (AvgIpc) is 3.07. The first-order valence-corrected chi connectivity index (χ1v) is 14.1. The monoisotopic (exact) mass is 586 g/mol. The Balaban J connectivity index is 1.83. The van der Waals surface area contributed by atoms with Crippen molar-refractivity contribution >= 4 is 63.4 Å². The molecular formula is C33H32Cl2N4O2. The molecule has 1 atom stereocenters. The maximum absolute atomic E-state index is 13.6. The van der Waals surface area contributed by atoms with Gasteiger partial charge in [-0.1, -0.05) is 72.6 Å². The molecule has 210 valence electrons. The van der Waals surface area contributed by atoms with Gasteiger partial charge in [0.15, 0.2) is 0 Å². The van der Waals surface area contributed by atoms with Crippen LogP contribution in [0.25, 0.3) is 5.57 Å². The van der Waals surface area contributed by atoms with Gasteiger partial charge in [-0.15, -0.1) is 0 Å². The predicted octanol–water partition coefficient (Wildman–Crippen LogP) is 8.08. The van der Waals surface area contributed by atoms with Gasteiger partial charge in [0.05, 0.1) is 22.8 Å². The van der Waals surface area contributed by atoms with E-state index in [1.165, 1.54) is 6.92 Å². The van der Waals surface area contributed by atoms with E-state index in [1.807, 2.05) is 55.5 Å². The Kier molecular flexibility index (Phi) is 9.82. The number of aliphatic imine (C=N–C) groups is 1. The summed E-state index contributed by atoms with van der Waals surface area (Å²) in [7, 11) is 0. The second-order valence-electron chi connectivity index (χ2n) is 9.60. The minimum atomic E-state index is -0.762. The van der Waals surface area contributed by atoms with E-state index < -0.39 is 6.04 Å². The number of nitrogens with two attached hydrogens (primary N) is 1. The molecular weight excluding hydrogens is 555 g/mol. The van der Waals surface area contributed by atoms with Gasteiger partial charge in [0, 0.05) is 34.5 Å². The van der Waals surface area contributed by atoms with Crippen molar-refractivity contribution in [1.29, 1.82) is 0 Å². The summed E-state index contributed by atoms with van der Waals surface area (Å²) in [5.74, 6) is -0.486. The molecule has 6 nitrogen and oxygen atoms in total. The van der Waals surface area contributed by atoms with E-state index in [-0.39, 0.29) is 11.8 Å². The lowest BCUT2D eigenvalue weighted by Crippen LogP contribution is -2.26. The summed E-state index contributed by atoms with van der Waals surface area (Å²) in [6, 6.07) is 17.4. The highest BCUT2D eigenvalue weighted by Crippen LogP contribution is 2.33. The molecule has 41 heavy (non-hydrogen) atoms. The zero-order valence-electron chi connectivity index (χ0n) is 23.2. The maximum atomic E-state index is 13.6. The van der Waals surface area contributed by atoms with Gasteiger partial charge < -0.3 is 16.4 Å². The maximum Gasteiger partial charge on any atom is 0.249 e. The second-order valence-corrected chi connectivity index (χ2v) is 10.5. The number of benzene rings is 3. The van der Waals surface area contributed by atoms with Crippen LogP contribution in [0, 0.1) is 0 Å². The molecule has 4 rings (SSSR count). The summed E-state index contributed by atoms with van der Waals surface area (Å²) in [4.78, 5) is 30.4. The largest absolute Gasteiger partial charge is 0.397 e. The van der Waals surface area contributed by atoms with E-state index in [0.717, 1.165) is 23.1 Å². The molecule has 0 spiro atoms. The Morgan fingerprint density at radius 2 is 1.88 bits per heavy atom. The van der Waals surface area contributed by atoms with Crippen LogP contribution in [-0.2, 0) is 9.59 Å². The normalized spacial score (nSPS) is 15.7. The van der Waals surface area contributed by atoms with Crippen LogP contribution in [0.15, 0.2) is 95.5 Å². The Bertz CT molecular complexity index is 1600. The summed E-state index contributed by atoms with van der Waals surface area (Å²) in [6.07, 6.45) is 9.35. The molecule has 1 unspecified atom stereocenters. The lowest BCUT2D eigenvalue weighted by molar-refractivity contribution is -0.117. The summed E-state index contributed by atoms with van der Waals surface area (Å²) in [5.41, 5.74) is 12.4. The molecule has 1 aliphatic heterocycles. The summed E-state index contributed by atoms with van der Waals surface area (Å²) >= 11 is 12.7. The van der Waals surface area contributed by atoms with Crippen LogP contribution in [0.3, 0.4) is 0 Å². The Hall–Kier alpha value is -4.13. The van der Waals surface area contributed by atoms with Gasteiger partial charge in [-0.25, -0.2) is 0 Å². The molecule has 4 N–H and O–H groups in total. The van der Waals surface area contributed by atoms with Crippen LogP contribution in [-0.4, -0.2) is 23.6 Å². The van der Waals surface area contributed by atoms with Crippen molar-refractivity contribution in [3.05, 3.63) is 117 Å². The molecule has 3 aromatic rings. The minimum absolute atomic E-state index is 0.241. The number of hydrogen-bond acceptors (Lipinski definition) is 4. The van der Waals surface area contributed by atoms with E-state index in [9.17, 15) is 9.59 Å². The number of rotatable bonds is 8. The minimum Gasteiger partial charge on any atom is -0.397 e. The number of benzodiazepines with no additional fused rings is 1. The van der Waals surface area contributed by atoms with E-state index in [2.05, 4.69) is 23.6 Å². The third kappa shape index (κ3) is 7.34. The van der Waals surface area contributed by atoms with Crippen molar-refractivity contribution in [3.8, 4) is 0 Å². The van der Waals surface area contributed by atoms with Gasteiger partial charge in [0.2, 0.25) is 11.8 Å². The van der Waals surface area contributed by atoms with Crippen molar-refractivity contribution in [1.82, 2.24) is 0 Å². The fraction of sp³-hybridized carbons (Fsp3) is 0.182.